The Hall–Kier alpha value is -2.93. The first-order valence-electron chi connectivity index (χ1n) is 6.71. The summed E-state index contributed by atoms with van der Waals surface area (Å²) in [5, 5.41) is 14.6. The van der Waals surface area contributed by atoms with Gasteiger partial charge in [0.25, 0.3) is 11.9 Å². The number of benzene rings is 1. The van der Waals surface area contributed by atoms with E-state index in [0.29, 0.717) is 17.3 Å². The van der Waals surface area contributed by atoms with Crippen LogP contribution in [-0.2, 0) is 6.54 Å². The maximum atomic E-state index is 12.1. The number of halogens is 1. The van der Waals surface area contributed by atoms with E-state index in [1.165, 1.54) is 4.80 Å². The lowest BCUT2D eigenvalue weighted by molar-refractivity contribution is 0.0996. The average molecular weight is 330 g/mol. The van der Waals surface area contributed by atoms with Gasteiger partial charge in [0.05, 0.1) is 6.54 Å². The Bertz CT molecular complexity index is 855. The van der Waals surface area contributed by atoms with Crippen molar-refractivity contribution in [2.24, 2.45) is 0 Å². The second kappa shape index (κ2) is 6.45. The van der Waals surface area contributed by atoms with E-state index in [2.05, 4.69) is 27.3 Å². The number of rotatable bonds is 5. The fraction of sp³-hybridized carbons (Fsp3) is 0.0667. The lowest BCUT2D eigenvalue weighted by Gasteiger charge is -1.98. The van der Waals surface area contributed by atoms with Gasteiger partial charge in [-0.25, -0.2) is 0 Å². The summed E-state index contributed by atoms with van der Waals surface area (Å²) in [6.45, 7) is 3.98. The molecule has 8 heteroatoms. The SMILES string of the molecule is C=CCn1nnc(NC(=O)c2ccc(-c3cccc(Cl)c3)o2)n1. The number of carbonyl (C=O) groups is 1. The summed E-state index contributed by atoms with van der Waals surface area (Å²) < 4.78 is 5.54. The summed E-state index contributed by atoms with van der Waals surface area (Å²) in [6.07, 6.45) is 1.62. The highest BCUT2D eigenvalue weighted by molar-refractivity contribution is 6.30. The molecular formula is C15H12ClN5O2. The Labute approximate surface area is 136 Å². The minimum Gasteiger partial charge on any atom is -0.451 e. The molecule has 116 valence electrons. The Balaban J connectivity index is 1.74. The standard InChI is InChI=1S/C15H12ClN5O2/c1-2-8-21-19-15(18-20-21)17-14(22)13-7-6-12(23-13)10-4-3-5-11(16)9-10/h2-7,9H,1,8H2,(H,17,19,22). The molecule has 1 aromatic carbocycles. The molecule has 0 aliphatic carbocycles. The van der Waals surface area contributed by atoms with Gasteiger partial charge in [0, 0.05) is 10.6 Å². The van der Waals surface area contributed by atoms with Gasteiger partial charge < -0.3 is 4.42 Å². The van der Waals surface area contributed by atoms with Crippen molar-refractivity contribution in [3.63, 3.8) is 0 Å². The summed E-state index contributed by atoms with van der Waals surface area (Å²) in [7, 11) is 0. The number of aromatic nitrogens is 4. The molecule has 0 fully saturated rings. The van der Waals surface area contributed by atoms with Crippen LogP contribution in [0.25, 0.3) is 11.3 Å². The van der Waals surface area contributed by atoms with E-state index >= 15 is 0 Å². The normalized spacial score (nSPS) is 10.5. The molecule has 1 N–H and O–H groups in total. The molecule has 0 aliphatic heterocycles. The zero-order valence-corrected chi connectivity index (χ0v) is 12.7. The number of tetrazole rings is 1. The molecule has 0 saturated carbocycles. The number of nitrogens with one attached hydrogen (secondary N) is 1. The zero-order chi connectivity index (χ0) is 16.2. The van der Waals surface area contributed by atoms with Crippen molar-refractivity contribution in [3.05, 3.63) is 59.8 Å². The van der Waals surface area contributed by atoms with E-state index in [-0.39, 0.29) is 11.7 Å². The van der Waals surface area contributed by atoms with Crippen LogP contribution in [0.5, 0.6) is 0 Å². The van der Waals surface area contributed by atoms with Crippen molar-refractivity contribution in [2.45, 2.75) is 6.54 Å². The number of carbonyl (C=O) groups excluding carboxylic acids is 1. The van der Waals surface area contributed by atoms with Gasteiger partial charge in [0.15, 0.2) is 5.76 Å². The molecule has 2 heterocycles. The van der Waals surface area contributed by atoms with Crippen LogP contribution >= 0.6 is 11.6 Å². The zero-order valence-electron chi connectivity index (χ0n) is 11.9. The van der Waals surface area contributed by atoms with E-state index in [1.54, 1.807) is 30.3 Å². The summed E-state index contributed by atoms with van der Waals surface area (Å²) in [5.74, 6) is 0.315. The van der Waals surface area contributed by atoms with Crippen molar-refractivity contribution in [1.82, 2.24) is 20.2 Å². The van der Waals surface area contributed by atoms with Gasteiger partial charge in [-0.05, 0) is 29.5 Å². The van der Waals surface area contributed by atoms with E-state index < -0.39 is 5.91 Å². The lowest BCUT2D eigenvalue weighted by Crippen LogP contribution is -2.12. The summed E-state index contributed by atoms with van der Waals surface area (Å²) in [6, 6.07) is 10.4. The predicted molar refractivity (Wildman–Crippen MR) is 85.1 cm³/mol. The minimum absolute atomic E-state index is 0.0950. The van der Waals surface area contributed by atoms with Gasteiger partial charge in [-0.2, -0.15) is 4.80 Å². The molecule has 0 saturated heterocycles. The van der Waals surface area contributed by atoms with Gasteiger partial charge in [-0.1, -0.05) is 34.9 Å². The van der Waals surface area contributed by atoms with Crippen LogP contribution in [-0.4, -0.2) is 26.1 Å². The second-order valence-corrected chi connectivity index (χ2v) is 5.02. The van der Waals surface area contributed by atoms with Gasteiger partial charge in [0.2, 0.25) is 0 Å². The molecule has 1 amide bonds. The van der Waals surface area contributed by atoms with E-state index in [0.717, 1.165) is 5.56 Å². The smallest absolute Gasteiger partial charge is 0.293 e. The number of anilines is 1. The second-order valence-electron chi connectivity index (χ2n) is 4.58. The first kappa shape index (κ1) is 15.0. The topological polar surface area (TPSA) is 85.8 Å². The van der Waals surface area contributed by atoms with Crippen LogP contribution in [0.4, 0.5) is 5.95 Å². The van der Waals surface area contributed by atoms with Crippen LogP contribution in [0.1, 0.15) is 10.6 Å². The Morgan fingerprint density at radius 1 is 1.39 bits per heavy atom. The number of furan rings is 1. The number of hydrogen-bond acceptors (Lipinski definition) is 5. The molecule has 0 bridgehead atoms. The third-order valence-corrected chi connectivity index (χ3v) is 3.14. The Kier molecular flexibility index (Phi) is 4.20. The summed E-state index contributed by atoms with van der Waals surface area (Å²) >= 11 is 5.95. The van der Waals surface area contributed by atoms with Gasteiger partial charge >= 0.3 is 0 Å². The maximum Gasteiger partial charge on any atom is 0.293 e. The molecule has 0 atom stereocenters. The minimum atomic E-state index is -0.462. The average Bonchev–Trinajstić information content (AvgIpc) is 3.17. The summed E-state index contributed by atoms with van der Waals surface area (Å²) in [5.41, 5.74) is 0.784. The van der Waals surface area contributed by atoms with Crippen molar-refractivity contribution >= 4 is 23.5 Å². The van der Waals surface area contributed by atoms with Crippen molar-refractivity contribution in [2.75, 3.05) is 5.32 Å². The van der Waals surface area contributed by atoms with Crippen LogP contribution < -0.4 is 5.32 Å². The van der Waals surface area contributed by atoms with E-state index in [4.69, 9.17) is 16.0 Å². The molecule has 0 aliphatic rings. The fourth-order valence-corrected chi connectivity index (χ4v) is 2.10. The number of amides is 1. The van der Waals surface area contributed by atoms with Gasteiger partial charge in [-0.3, -0.25) is 10.1 Å². The molecule has 0 radical (unpaired) electrons. The van der Waals surface area contributed by atoms with E-state index in [1.807, 2.05) is 12.1 Å². The Morgan fingerprint density at radius 2 is 2.26 bits per heavy atom. The third kappa shape index (κ3) is 3.46. The monoisotopic (exact) mass is 329 g/mol. The van der Waals surface area contributed by atoms with Crippen LogP contribution in [0.3, 0.4) is 0 Å². The summed E-state index contributed by atoms with van der Waals surface area (Å²) in [4.78, 5) is 13.4. The quantitative estimate of drug-likeness (QED) is 0.727. The molecule has 2 aromatic heterocycles. The lowest BCUT2D eigenvalue weighted by atomic mass is 10.2. The highest BCUT2D eigenvalue weighted by atomic mass is 35.5. The number of allylic oxidation sites excluding steroid dienone is 1. The molecule has 0 spiro atoms. The van der Waals surface area contributed by atoms with Crippen molar-refractivity contribution < 1.29 is 9.21 Å². The van der Waals surface area contributed by atoms with Gasteiger partial charge in [0.1, 0.15) is 5.76 Å². The fourth-order valence-electron chi connectivity index (χ4n) is 1.91. The predicted octanol–water partition coefficient (Wildman–Crippen LogP) is 3.02. The van der Waals surface area contributed by atoms with Crippen LogP contribution in [0.15, 0.2) is 53.5 Å². The van der Waals surface area contributed by atoms with Crippen LogP contribution in [0, 0.1) is 0 Å². The molecule has 7 nitrogen and oxygen atoms in total. The first-order valence-corrected chi connectivity index (χ1v) is 7.09. The van der Waals surface area contributed by atoms with Crippen LogP contribution in [0.2, 0.25) is 5.02 Å². The number of nitrogens with zero attached hydrogens (tertiary/aromatic N) is 4. The largest absolute Gasteiger partial charge is 0.451 e. The number of hydrogen-bond donors (Lipinski definition) is 1. The van der Waals surface area contributed by atoms with E-state index in [9.17, 15) is 4.79 Å². The highest BCUT2D eigenvalue weighted by Gasteiger charge is 2.15. The molecule has 3 rings (SSSR count). The first-order chi connectivity index (χ1) is 11.2. The maximum absolute atomic E-state index is 12.1. The molecular weight excluding hydrogens is 318 g/mol. The highest BCUT2D eigenvalue weighted by Crippen LogP contribution is 2.25. The van der Waals surface area contributed by atoms with Crippen molar-refractivity contribution in [1.29, 1.82) is 0 Å². The molecule has 0 unspecified atom stereocenters. The molecule has 3 aromatic rings. The van der Waals surface area contributed by atoms with Gasteiger partial charge in [-0.15, -0.1) is 11.7 Å². The Morgan fingerprint density at radius 3 is 3.04 bits per heavy atom. The molecule has 23 heavy (non-hydrogen) atoms. The van der Waals surface area contributed by atoms with Crippen molar-refractivity contribution in [3.8, 4) is 11.3 Å². The third-order valence-electron chi connectivity index (χ3n) is 2.91.